The SMILES string of the molecule is CC(=NNc1cccc2cccnc12)c1cccc([N+](=O)[O-])c1. The summed E-state index contributed by atoms with van der Waals surface area (Å²) in [5, 5.41) is 16.2. The number of aromatic nitrogens is 1. The lowest BCUT2D eigenvalue weighted by molar-refractivity contribution is -0.384. The summed E-state index contributed by atoms with van der Waals surface area (Å²) < 4.78 is 0. The third-order valence-electron chi connectivity index (χ3n) is 3.45. The molecule has 0 aliphatic carbocycles. The fourth-order valence-corrected chi connectivity index (χ4v) is 2.25. The van der Waals surface area contributed by atoms with E-state index in [1.54, 1.807) is 25.3 Å². The molecule has 0 aliphatic heterocycles. The van der Waals surface area contributed by atoms with Crippen LogP contribution in [-0.4, -0.2) is 15.6 Å². The van der Waals surface area contributed by atoms with E-state index in [9.17, 15) is 10.1 Å². The smallest absolute Gasteiger partial charge is 0.270 e. The van der Waals surface area contributed by atoms with Crippen LogP contribution in [0.25, 0.3) is 10.9 Å². The topological polar surface area (TPSA) is 80.4 Å². The van der Waals surface area contributed by atoms with Gasteiger partial charge in [0.05, 0.1) is 21.8 Å². The van der Waals surface area contributed by atoms with Gasteiger partial charge in [0.2, 0.25) is 0 Å². The molecule has 3 rings (SSSR count). The normalized spacial score (nSPS) is 11.4. The maximum atomic E-state index is 10.8. The summed E-state index contributed by atoms with van der Waals surface area (Å²) in [5.41, 5.74) is 5.99. The van der Waals surface area contributed by atoms with Crippen molar-refractivity contribution in [2.75, 3.05) is 5.43 Å². The number of hydrogen-bond acceptors (Lipinski definition) is 5. The first-order valence-electron chi connectivity index (χ1n) is 7.04. The van der Waals surface area contributed by atoms with Gasteiger partial charge in [-0.05, 0) is 19.1 Å². The number of nitro groups is 1. The van der Waals surface area contributed by atoms with Gasteiger partial charge in [-0.1, -0.05) is 30.3 Å². The average Bonchev–Trinajstić information content (AvgIpc) is 2.59. The fraction of sp³-hybridized carbons (Fsp3) is 0.0588. The molecule has 0 saturated carbocycles. The predicted octanol–water partition coefficient (Wildman–Crippen LogP) is 3.98. The first kappa shape index (κ1) is 14.6. The highest BCUT2D eigenvalue weighted by molar-refractivity contribution is 6.00. The zero-order valence-electron chi connectivity index (χ0n) is 12.4. The molecule has 0 unspecified atom stereocenters. The minimum Gasteiger partial charge on any atom is -0.276 e. The van der Waals surface area contributed by atoms with E-state index >= 15 is 0 Å². The number of hydrogen-bond donors (Lipinski definition) is 1. The molecule has 0 spiro atoms. The van der Waals surface area contributed by atoms with Crippen LogP contribution >= 0.6 is 0 Å². The molecule has 1 aromatic heterocycles. The molecule has 0 radical (unpaired) electrons. The van der Waals surface area contributed by atoms with Gasteiger partial charge in [-0.3, -0.25) is 20.5 Å². The summed E-state index contributed by atoms with van der Waals surface area (Å²) in [6, 6.07) is 16.0. The molecule has 0 atom stereocenters. The lowest BCUT2D eigenvalue weighted by atomic mass is 10.1. The first-order chi connectivity index (χ1) is 11.1. The Kier molecular flexibility index (Phi) is 3.97. The van der Waals surface area contributed by atoms with E-state index in [-0.39, 0.29) is 5.69 Å². The van der Waals surface area contributed by atoms with Gasteiger partial charge in [0.25, 0.3) is 5.69 Å². The van der Waals surface area contributed by atoms with Crippen molar-refractivity contribution in [3.8, 4) is 0 Å². The molecule has 23 heavy (non-hydrogen) atoms. The van der Waals surface area contributed by atoms with Gasteiger partial charge in [0.15, 0.2) is 0 Å². The van der Waals surface area contributed by atoms with Crippen molar-refractivity contribution in [2.24, 2.45) is 5.10 Å². The number of anilines is 1. The minimum atomic E-state index is -0.418. The summed E-state index contributed by atoms with van der Waals surface area (Å²) in [6.45, 7) is 1.80. The Morgan fingerprint density at radius 3 is 2.78 bits per heavy atom. The maximum Gasteiger partial charge on any atom is 0.270 e. The highest BCUT2D eigenvalue weighted by atomic mass is 16.6. The van der Waals surface area contributed by atoms with Crippen molar-refractivity contribution >= 4 is 28.0 Å². The third-order valence-corrected chi connectivity index (χ3v) is 3.45. The monoisotopic (exact) mass is 306 g/mol. The van der Waals surface area contributed by atoms with E-state index in [4.69, 9.17) is 0 Å². The second-order valence-electron chi connectivity index (χ2n) is 5.00. The Morgan fingerprint density at radius 2 is 1.96 bits per heavy atom. The summed E-state index contributed by atoms with van der Waals surface area (Å²) in [7, 11) is 0. The second kappa shape index (κ2) is 6.23. The van der Waals surface area contributed by atoms with Crippen LogP contribution in [0.4, 0.5) is 11.4 Å². The Bertz CT molecular complexity index is 900. The molecule has 0 bridgehead atoms. The predicted molar refractivity (Wildman–Crippen MR) is 90.7 cm³/mol. The van der Waals surface area contributed by atoms with Crippen LogP contribution in [0.3, 0.4) is 0 Å². The van der Waals surface area contributed by atoms with E-state index < -0.39 is 4.92 Å². The van der Waals surface area contributed by atoms with Crippen LogP contribution in [0.2, 0.25) is 0 Å². The quantitative estimate of drug-likeness (QED) is 0.449. The van der Waals surface area contributed by atoms with Crippen LogP contribution in [-0.2, 0) is 0 Å². The number of rotatable bonds is 4. The highest BCUT2D eigenvalue weighted by Crippen LogP contribution is 2.21. The van der Waals surface area contributed by atoms with Crippen LogP contribution in [0.5, 0.6) is 0 Å². The maximum absolute atomic E-state index is 10.8. The summed E-state index contributed by atoms with van der Waals surface area (Å²) in [5.74, 6) is 0. The van der Waals surface area contributed by atoms with E-state index in [2.05, 4.69) is 15.5 Å². The molecule has 0 saturated heterocycles. The molecule has 3 aromatic rings. The number of pyridine rings is 1. The zero-order valence-corrected chi connectivity index (χ0v) is 12.4. The minimum absolute atomic E-state index is 0.0453. The fourth-order valence-electron chi connectivity index (χ4n) is 2.25. The van der Waals surface area contributed by atoms with Crippen LogP contribution < -0.4 is 5.43 Å². The van der Waals surface area contributed by atoms with Gasteiger partial charge in [0.1, 0.15) is 0 Å². The molecule has 0 amide bonds. The standard InChI is InChI=1S/C17H14N4O2/c1-12(14-6-2-8-15(11-14)21(22)23)19-20-16-9-3-5-13-7-4-10-18-17(13)16/h2-11,20H,1H3. The summed E-state index contributed by atoms with van der Waals surface area (Å²) in [4.78, 5) is 14.8. The van der Waals surface area contributed by atoms with E-state index in [1.165, 1.54) is 12.1 Å². The van der Waals surface area contributed by atoms with Crippen molar-refractivity contribution in [1.29, 1.82) is 0 Å². The Balaban J connectivity index is 1.89. The summed E-state index contributed by atoms with van der Waals surface area (Å²) >= 11 is 0. The Morgan fingerprint density at radius 1 is 1.17 bits per heavy atom. The highest BCUT2D eigenvalue weighted by Gasteiger charge is 2.07. The number of non-ortho nitro benzene ring substituents is 1. The van der Waals surface area contributed by atoms with E-state index in [0.717, 1.165) is 16.6 Å². The molecule has 0 fully saturated rings. The lowest BCUT2D eigenvalue weighted by Crippen LogP contribution is -2.01. The number of para-hydroxylation sites is 1. The average molecular weight is 306 g/mol. The molecule has 1 N–H and O–H groups in total. The van der Waals surface area contributed by atoms with Crippen LogP contribution in [0.1, 0.15) is 12.5 Å². The first-order valence-corrected chi connectivity index (χ1v) is 7.04. The Hall–Kier alpha value is -3.28. The molecule has 114 valence electrons. The second-order valence-corrected chi connectivity index (χ2v) is 5.00. The lowest BCUT2D eigenvalue weighted by Gasteiger charge is -2.06. The van der Waals surface area contributed by atoms with Crippen molar-refractivity contribution in [1.82, 2.24) is 4.98 Å². The van der Waals surface area contributed by atoms with Gasteiger partial charge in [-0.25, -0.2) is 0 Å². The van der Waals surface area contributed by atoms with Gasteiger partial charge in [0, 0.05) is 29.3 Å². The van der Waals surface area contributed by atoms with Gasteiger partial charge in [-0.2, -0.15) is 5.10 Å². The molecule has 6 heteroatoms. The number of nitro benzene ring substituents is 1. The number of nitrogens with one attached hydrogen (secondary N) is 1. The van der Waals surface area contributed by atoms with Crippen molar-refractivity contribution in [2.45, 2.75) is 6.92 Å². The number of hydrazone groups is 1. The van der Waals surface area contributed by atoms with Crippen LogP contribution in [0, 0.1) is 10.1 Å². The van der Waals surface area contributed by atoms with Crippen molar-refractivity contribution in [3.05, 3.63) is 76.5 Å². The molecule has 0 aliphatic rings. The van der Waals surface area contributed by atoms with Gasteiger partial charge >= 0.3 is 0 Å². The third kappa shape index (κ3) is 3.16. The molecular formula is C17H14N4O2. The van der Waals surface area contributed by atoms with E-state index in [1.807, 2.05) is 30.3 Å². The largest absolute Gasteiger partial charge is 0.276 e. The van der Waals surface area contributed by atoms with E-state index in [0.29, 0.717) is 11.3 Å². The van der Waals surface area contributed by atoms with Crippen molar-refractivity contribution in [3.63, 3.8) is 0 Å². The summed E-state index contributed by atoms with van der Waals surface area (Å²) in [6.07, 6.45) is 1.73. The molecule has 1 heterocycles. The molecule has 2 aromatic carbocycles. The number of nitrogens with zero attached hydrogens (tertiary/aromatic N) is 3. The molecular weight excluding hydrogens is 292 g/mol. The van der Waals surface area contributed by atoms with Gasteiger partial charge < -0.3 is 0 Å². The zero-order chi connectivity index (χ0) is 16.2. The molecule has 6 nitrogen and oxygen atoms in total. The van der Waals surface area contributed by atoms with Crippen LogP contribution in [0.15, 0.2) is 65.9 Å². The number of fused-ring (bicyclic) bond motifs is 1. The van der Waals surface area contributed by atoms with Gasteiger partial charge in [-0.15, -0.1) is 0 Å². The number of benzene rings is 2. The Labute approximate surface area is 132 Å². The van der Waals surface area contributed by atoms with Crippen molar-refractivity contribution < 1.29 is 4.92 Å².